The Bertz CT molecular complexity index is 207. The van der Waals surface area contributed by atoms with Crippen LogP contribution in [0.25, 0.3) is 0 Å². The largest absolute Gasteiger partial charge is 0.394 e. The third-order valence-electron chi connectivity index (χ3n) is 2.18. The third kappa shape index (κ3) is 2.71. The highest BCUT2D eigenvalue weighted by Crippen LogP contribution is 2.21. The van der Waals surface area contributed by atoms with E-state index in [1.165, 1.54) is 0 Å². The zero-order valence-corrected chi connectivity index (χ0v) is 7.89. The lowest BCUT2D eigenvalue weighted by molar-refractivity contribution is -0.298. The molecule has 0 aromatic heterocycles. The molecule has 5 atom stereocenters. The Morgan fingerprint density at radius 1 is 1.20 bits per heavy atom. The summed E-state index contributed by atoms with van der Waals surface area (Å²) in [5.41, 5.74) is 0. The molecule has 0 aliphatic carbocycles. The minimum atomic E-state index is -1.48. The molecular weight excluding hydrogens is 208 g/mol. The van der Waals surface area contributed by atoms with Gasteiger partial charge in [0.1, 0.15) is 37.3 Å². The molecule has 15 heavy (non-hydrogen) atoms. The second-order valence-corrected chi connectivity index (χ2v) is 3.20. The minimum Gasteiger partial charge on any atom is -0.394 e. The van der Waals surface area contributed by atoms with Crippen LogP contribution < -0.4 is 0 Å². The number of ether oxygens (including phenoxy) is 2. The molecule has 7 nitrogen and oxygen atoms in total. The Hall–Kier alpha value is -0.570. The van der Waals surface area contributed by atoms with E-state index in [4.69, 9.17) is 14.6 Å². The Labute approximate surface area is 85.9 Å². The van der Waals surface area contributed by atoms with Crippen molar-refractivity contribution in [3.05, 3.63) is 0 Å². The number of hydrogen-bond donors (Lipinski definition) is 4. The Morgan fingerprint density at radius 3 is 2.40 bits per heavy atom. The highest BCUT2D eigenvalue weighted by atomic mass is 16.7. The SMILES string of the molecule is O=CCO[C@@H]1O[C@H](CO)[C@H](O)[C@H](O)[C@@H]1O. The van der Waals surface area contributed by atoms with E-state index in [1.807, 2.05) is 0 Å². The van der Waals surface area contributed by atoms with Crippen molar-refractivity contribution in [2.45, 2.75) is 30.7 Å². The number of hydrogen-bond acceptors (Lipinski definition) is 7. The van der Waals surface area contributed by atoms with Gasteiger partial charge in [0.15, 0.2) is 6.29 Å². The van der Waals surface area contributed by atoms with Crippen LogP contribution in [0.1, 0.15) is 0 Å². The third-order valence-corrected chi connectivity index (χ3v) is 2.18. The van der Waals surface area contributed by atoms with Crippen molar-refractivity contribution < 1.29 is 34.7 Å². The zero-order chi connectivity index (χ0) is 11.4. The van der Waals surface area contributed by atoms with Gasteiger partial charge in [-0.25, -0.2) is 0 Å². The Morgan fingerprint density at radius 2 is 1.87 bits per heavy atom. The summed E-state index contributed by atoms with van der Waals surface area (Å²) in [4.78, 5) is 10.0. The van der Waals surface area contributed by atoms with Crippen LogP contribution in [0, 0.1) is 0 Å². The van der Waals surface area contributed by atoms with Crippen LogP contribution in [0.2, 0.25) is 0 Å². The number of carbonyl (C=O) groups is 1. The van der Waals surface area contributed by atoms with Crippen molar-refractivity contribution >= 4 is 6.29 Å². The maximum atomic E-state index is 10.0. The normalized spacial score (nSPS) is 41.5. The van der Waals surface area contributed by atoms with Crippen LogP contribution in [0.5, 0.6) is 0 Å². The van der Waals surface area contributed by atoms with Crippen LogP contribution in [-0.2, 0) is 14.3 Å². The lowest BCUT2D eigenvalue weighted by atomic mass is 9.99. The first-order chi connectivity index (χ1) is 7.11. The fourth-order valence-corrected chi connectivity index (χ4v) is 1.34. The molecular formula is C8H14O7. The molecule has 0 unspecified atom stereocenters. The second kappa shape index (κ2) is 5.50. The van der Waals surface area contributed by atoms with E-state index in [0.717, 1.165) is 0 Å². The number of aldehydes is 1. The molecule has 1 saturated heterocycles. The lowest BCUT2D eigenvalue weighted by Gasteiger charge is -2.39. The van der Waals surface area contributed by atoms with Crippen molar-refractivity contribution in [2.24, 2.45) is 0 Å². The van der Waals surface area contributed by atoms with E-state index in [1.54, 1.807) is 0 Å². The molecule has 1 rings (SSSR count). The summed E-state index contributed by atoms with van der Waals surface area (Å²) in [6.45, 7) is -0.825. The highest BCUT2D eigenvalue weighted by Gasteiger charge is 2.43. The lowest BCUT2D eigenvalue weighted by Crippen LogP contribution is -2.59. The van der Waals surface area contributed by atoms with E-state index in [-0.39, 0.29) is 6.61 Å². The number of carbonyl (C=O) groups excluding carboxylic acids is 1. The van der Waals surface area contributed by atoms with Crippen molar-refractivity contribution in [1.82, 2.24) is 0 Å². The maximum absolute atomic E-state index is 10.0. The van der Waals surface area contributed by atoms with E-state index >= 15 is 0 Å². The second-order valence-electron chi connectivity index (χ2n) is 3.20. The number of aliphatic hydroxyl groups excluding tert-OH is 4. The van der Waals surface area contributed by atoms with E-state index in [9.17, 15) is 20.1 Å². The fraction of sp³-hybridized carbons (Fsp3) is 0.875. The van der Waals surface area contributed by atoms with Gasteiger partial charge in [-0.3, -0.25) is 0 Å². The van der Waals surface area contributed by atoms with Gasteiger partial charge in [-0.2, -0.15) is 0 Å². The average Bonchev–Trinajstić information content (AvgIpc) is 2.25. The summed E-state index contributed by atoms with van der Waals surface area (Å²) in [5, 5.41) is 36.9. The molecule has 0 radical (unpaired) electrons. The van der Waals surface area contributed by atoms with E-state index in [0.29, 0.717) is 6.29 Å². The number of rotatable bonds is 4. The first kappa shape index (κ1) is 12.5. The monoisotopic (exact) mass is 222 g/mol. The molecule has 88 valence electrons. The van der Waals surface area contributed by atoms with Crippen LogP contribution in [-0.4, -0.2) is 70.6 Å². The molecule has 0 aromatic rings. The van der Waals surface area contributed by atoms with Gasteiger partial charge in [-0.15, -0.1) is 0 Å². The molecule has 0 saturated carbocycles. The quantitative estimate of drug-likeness (QED) is 0.374. The molecule has 0 spiro atoms. The standard InChI is InChI=1S/C8H14O7/c9-1-2-14-8-7(13)6(12)5(11)4(3-10)15-8/h1,4-8,10-13H,2-3H2/t4-,5+,6+,7+,8-/m1/s1. The summed E-state index contributed by atoms with van der Waals surface area (Å²) in [5.74, 6) is 0. The molecule has 4 N–H and O–H groups in total. The summed E-state index contributed by atoms with van der Waals surface area (Å²) in [6.07, 6.45) is -6.14. The molecule has 1 fully saturated rings. The average molecular weight is 222 g/mol. The van der Waals surface area contributed by atoms with Gasteiger partial charge < -0.3 is 34.7 Å². The zero-order valence-electron chi connectivity index (χ0n) is 7.89. The summed E-state index contributed by atoms with van der Waals surface area (Å²) in [7, 11) is 0. The van der Waals surface area contributed by atoms with Gasteiger partial charge in [-0.1, -0.05) is 0 Å². The summed E-state index contributed by atoms with van der Waals surface area (Å²) < 4.78 is 9.71. The van der Waals surface area contributed by atoms with E-state index < -0.39 is 37.3 Å². The van der Waals surface area contributed by atoms with Gasteiger partial charge in [-0.05, 0) is 0 Å². The smallest absolute Gasteiger partial charge is 0.187 e. The van der Waals surface area contributed by atoms with Gasteiger partial charge in [0.05, 0.1) is 6.61 Å². The van der Waals surface area contributed by atoms with Crippen molar-refractivity contribution in [3.63, 3.8) is 0 Å². The molecule has 0 amide bonds. The minimum absolute atomic E-state index is 0.303. The van der Waals surface area contributed by atoms with Gasteiger partial charge in [0, 0.05) is 0 Å². The fourth-order valence-electron chi connectivity index (χ4n) is 1.34. The van der Waals surface area contributed by atoms with Crippen molar-refractivity contribution in [2.75, 3.05) is 13.2 Å². The first-order valence-electron chi connectivity index (χ1n) is 4.47. The summed E-state index contributed by atoms with van der Waals surface area (Å²) >= 11 is 0. The van der Waals surface area contributed by atoms with Gasteiger partial charge in [0.2, 0.25) is 0 Å². The van der Waals surface area contributed by atoms with Crippen molar-refractivity contribution in [3.8, 4) is 0 Å². The Kier molecular flexibility index (Phi) is 4.58. The van der Waals surface area contributed by atoms with Crippen LogP contribution in [0.3, 0.4) is 0 Å². The maximum Gasteiger partial charge on any atom is 0.187 e. The molecule has 0 bridgehead atoms. The summed E-state index contributed by atoms with van der Waals surface area (Å²) in [6, 6.07) is 0. The van der Waals surface area contributed by atoms with Crippen LogP contribution >= 0.6 is 0 Å². The molecule has 1 aliphatic heterocycles. The van der Waals surface area contributed by atoms with Gasteiger partial charge >= 0.3 is 0 Å². The van der Waals surface area contributed by atoms with Crippen molar-refractivity contribution in [1.29, 1.82) is 0 Å². The molecule has 0 aromatic carbocycles. The highest BCUT2D eigenvalue weighted by molar-refractivity contribution is 5.50. The van der Waals surface area contributed by atoms with Crippen LogP contribution in [0.4, 0.5) is 0 Å². The van der Waals surface area contributed by atoms with E-state index in [2.05, 4.69) is 0 Å². The topological polar surface area (TPSA) is 116 Å². The Balaban J connectivity index is 2.60. The molecule has 1 aliphatic rings. The molecule has 7 heteroatoms. The predicted molar refractivity (Wildman–Crippen MR) is 45.8 cm³/mol. The number of aliphatic hydroxyl groups is 4. The van der Waals surface area contributed by atoms with Crippen LogP contribution in [0.15, 0.2) is 0 Å². The predicted octanol–water partition coefficient (Wildman–Crippen LogP) is -3.00. The molecule has 1 heterocycles. The first-order valence-corrected chi connectivity index (χ1v) is 4.47. The van der Waals surface area contributed by atoms with Gasteiger partial charge in [0.25, 0.3) is 0 Å².